The van der Waals surface area contributed by atoms with Crippen molar-refractivity contribution in [2.45, 2.75) is 57.0 Å². The summed E-state index contributed by atoms with van der Waals surface area (Å²) in [5.74, 6) is -3.80. The Balaban J connectivity index is 0.00000380. The van der Waals surface area contributed by atoms with Crippen molar-refractivity contribution in [3.05, 3.63) is 53.1 Å². The fourth-order valence-electron chi connectivity index (χ4n) is 5.09. The fourth-order valence-corrected chi connectivity index (χ4v) is 6.15. The summed E-state index contributed by atoms with van der Waals surface area (Å²) < 4.78 is 44.4. The number of nitrogens with two attached hydrogens (primary N) is 1. The van der Waals surface area contributed by atoms with E-state index in [2.05, 4.69) is 9.36 Å². The summed E-state index contributed by atoms with van der Waals surface area (Å²) in [5.41, 5.74) is 7.99. The minimum Gasteiger partial charge on any atom is -0.369 e. The SMILES string of the molecule is C[C@H]1C[C@@H](N2C(=O)C[C@@](C)(c3cccc(-c4cccc(N=S(C)(C)=O)c4)c3Cl)N=C2N)CCC1(F)F.Cl. The standard InChI is InChI=1S/C26H31ClF2N4O2S.ClH/c1-16-13-19(11-12-26(16,28)29)33-22(34)15-25(2,31-24(33)30)21-10-6-9-20(23(21)27)17-7-5-8-18(14-17)32-36(3,4)35;/h5-10,14,16,19H,11-13,15H2,1-4H3,(H2,30,31);1H/t16-,19-,25-;/m0./s1. The van der Waals surface area contributed by atoms with Gasteiger partial charge in [-0.15, -0.1) is 12.4 Å². The Bertz CT molecular complexity index is 1350. The number of alkyl halides is 2. The van der Waals surface area contributed by atoms with Gasteiger partial charge in [-0.2, -0.15) is 4.36 Å². The molecule has 1 aliphatic heterocycles. The van der Waals surface area contributed by atoms with Crippen LogP contribution < -0.4 is 5.73 Å². The van der Waals surface area contributed by atoms with Crippen LogP contribution in [0.4, 0.5) is 14.5 Å². The molecule has 1 fully saturated rings. The lowest BCUT2D eigenvalue weighted by molar-refractivity contribution is -0.136. The van der Waals surface area contributed by atoms with Crippen LogP contribution in [0.2, 0.25) is 5.02 Å². The molecule has 4 rings (SSSR count). The average Bonchev–Trinajstić information content (AvgIpc) is 2.75. The predicted molar refractivity (Wildman–Crippen MR) is 148 cm³/mol. The summed E-state index contributed by atoms with van der Waals surface area (Å²) in [5, 5.41) is 0.426. The number of hydrogen-bond acceptors (Lipinski definition) is 5. The van der Waals surface area contributed by atoms with Gasteiger partial charge in [-0.05, 0) is 43.0 Å². The molecule has 0 aromatic heterocycles. The van der Waals surface area contributed by atoms with Crippen LogP contribution in [0.3, 0.4) is 0 Å². The Morgan fingerprint density at radius 2 is 1.89 bits per heavy atom. The largest absolute Gasteiger partial charge is 0.369 e. The lowest BCUT2D eigenvalue weighted by Crippen LogP contribution is -2.56. The first-order valence-electron chi connectivity index (χ1n) is 11.8. The van der Waals surface area contributed by atoms with E-state index in [9.17, 15) is 17.8 Å². The van der Waals surface area contributed by atoms with Gasteiger partial charge in [-0.1, -0.05) is 48.9 Å². The third-order valence-electron chi connectivity index (χ3n) is 6.96. The maximum Gasteiger partial charge on any atom is 0.250 e. The molecule has 11 heteroatoms. The van der Waals surface area contributed by atoms with Crippen LogP contribution in [0.15, 0.2) is 51.8 Å². The van der Waals surface area contributed by atoms with E-state index in [1.165, 1.54) is 11.8 Å². The second kappa shape index (κ2) is 10.5. The first-order valence-corrected chi connectivity index (χ1v) is 14.5. The molecule has 37 heavy (non-hydrogen) atoms. The van der Waals surface area contributed by atoms with Crippen molar-refractivity contribution in [2.75, 3.05) is 12.5 Å². The van der Waals surface area contributed by atoms with E-state index < -0.39 is 33.2 Å². The van der Waals surface area contributed by atoms with Crippen molar-refractivity contribution in [3.8, 4) is 11.1 Å². The van der Waals surface area contributed by atoms with Crippen LogP contribution in [0, 0.1) is 5.92 Å². The van der Waals surface area contributed by atoms with Crippen molar-refractivity contribution >= 4 is 51.3 Å². The number of guanidine groups is 1. The van der Waals surface area contributed by atoms with Crippen molar-refractivity contribution in [2.24, 2.45) is 21.0 Å². The number of rotatable bonds is 4. The zero-order valence-corrected chi connectivity index (χ0v) is 23.6. The summed E-state index contributed by atoms with van der Waals surface area (Å²) >= 11 is 6.88. The molecular formula is C26H32Cl2F2N4O2S. The highest BCUT2D eigenvalue weighted by Crippen LogP contribution is 2.44. The minimum atomic E-state index is -2.74. The summed E-state index contributed by atoms with van der Waals surface area (Å²) in [4.78, 5) is 19.4. The quantitative estimate of drug-likeness (QED) is 0.461. The molecule has 1 heterocycles. The number of carbonyl (C=O) groups is 1. The van der Waals surface area contributed by atoms with Crippen molar-refractivity contribution < 1.29 is 17.8 Å². The highest BCUT2D eigenvalue weighted by molar-refractivity contribution is 7.92. The number of amides is 1. The lowest BCUT2D eigenvalue weighted by atomic mass is 9.81. The van der Waals surface area contributed by atoms with E-state index in [4.69, 9.17) is 17.3 Å². The molecule has 3 atom stereocenters. The zero-order chi connectivity index (χ0) is 26.5. The first-order chi connectivity index (χ1) is 16.7. The Morgan fingerprint density at radius 1 is 1.22 bits per heavy atom. The molecule has 0 bridgehead atoms. The Hall–Kier alpha value is -2.23. The van der Waals surface area contributed by atoms with Gasteiger partial charge in [-0.25, -0.2) is 18.0 Å². The molecule has 1 aliphatic carbocycles. The topological polar surface area (TPSA) is 88.1 Å². The van der Waals surface area contributed by atoms with Gasteiger partial charge in [0.1, 0.15) is 0 Å². The minimum absolute atomic E-state index is 0. The van der Waals surface area contributed by atoms with Gasteiger partial charge < -0.3 is 5.73 Å². The van der Waals surface area contributed by atoms with E-state index in [1.807, 2.05) is 36.4 Å². The van der Waals surface area contributed by atoms with E-state index in [-0.39, 0.29) is 50.0 Å². The maximum absolute atomic E-state index is 14.0. The molecule has 0 unspecified atom stereocenters. The monoisotopic (exact) mass is 572 g/mol. The molecule has 2 aromatic carbocycles. The van der Waals surface area contributed by atoms with E-state index in [1.54, 1.807) is 25.5 Å². The molecular weight excluding hydrogens is 541 g/mol. The summed E-state index contributed by atoms with van der Waals surface area (Å²) in [6.07, 6.45) is 3.22. The van der Waals surface area contributed by atoms with E-state index in [0.717, 1.165) is 11.1 Å². The highest BCUT2D eigenvalue weighted by atomic mass is 35.5. The van der Waals surface area contributed by atoms with Crippen LogP contribution in [0.5, 0.6) is 0 Å². The molecule has 6 nitrogen and oxygen atoms in total. The van der Waals surface area contributed by atoms with Crippen molar-refractivity contribution in [1.82, 2.24) is 4.90 Å². The van der Waals surface area contributed by atoms with E-state index in [0.29, 0.717) is 16.3 Å². The van der Waals surface area contributed by atoms with Gasteiger partial charge in [0, 0.05) is 46.2 Å². The lowest BCUT2D eigenvalue weighted by Gasteiger charge is -2.43. The Labute approximate surface area is 228 Å². The van der Waals surface area contributed by atoms with Gasteiger partial charge in [-0.3, -0.25) is 9.69 Å². The molecule has 2 aliphatic rings. The van der Waals surface area contributed by atoms with Gasteiger partial charge in [0.05, 0.1) is 22.7 Å². The van der Waals surface area contributed by atoms with Gasteiger partial charge in [0.25, 0.3) is 5.92 Å². The van der Waals surface area contributed by atoms with Crippen LogP contribution in [0.1, 0.15) is 45.1 Å². The van der Waals surface area contributed by atoms with Crippen molar-refractivity contribution in [1.29, 1.82) is 0 Å². The van der Waals surface area contributed by atoms with Gasteiger partial charge in [0.2, 0.25) is 5.91 Å². The smallest absolute Gasteiger partial charge is 0.250 e. The van der Waals surface area contributed by atoms with Gasteiger partial charge >= 0.3 is 0 Å². The fraction of sp³-hybridized carbons (Fsp3) is 0.462. The molecule has 1 saturated carbocycles. The Morgan fingerprint density at radius 3 is 2.51 bits per heavy atom. The molecule has 1 amide bonds. The predicted octanol–water partition coefficient (Wildman–Crippen LogP) is 6.37. The second-order valence-corrected chi connectivity index (χ2v) is 13.2. The first kappa shape index (κ1) is 29.3. The van der Waals surface area contributed by atoms with Gasteiger partial charge in [0.15, 0.2) is 5.96 Å². The number of hydrogen-bond donors (Lipinski definition) is 1. The number of benzene rings is 2. The highest BCUT2D eigenvalue weighted by Gasteiger charge is 2.47. The zero-order valence-electron chi connectivity index (χ0n) is 21.2. The van der Waals surface area contributed by atoms with Crippen LogP contribution in [0.25, 0.3) is 11.1 Å². The molecule has 0 saturated heterocycles. The Kier molecular flexibility index (Phi) is 8.32. The summed E-state index contributed by atoms with van der Waals surface area (Å²) in [6.45, 7) is 3.30. The maximum atomic E-state index is 14.0. The normalized spacial score (nSPS) is 25.8. The van der Waals surface area contributed by atoms with Crippen LogP contribution in [-0.2, 0) is 20.1 Å². The van der Waals surface area contributed by atoms with E-state index >= 15 is 0 Å². The third-order valence-corrected chi connectivity index (χ3v) is 8.01. The molecule has 2 N–H and O–H groups in total. The summed E-state index contributed by atoms with van der Waals surface area (Å²) in [6, 6.07) is 12.4. The number of carbonyl (C=O) groups excluding carboxylic acids is 1. The number of nitrogens with zero attached hydrogens (tertiary/aromatic N) is 3. The molecule has 0 radical (unpaired) electrons. The molecule has 0 spiro atoms. The number of aliphatic imine (C=N–C) groups is 1. The van der Waals surface area contributed by atoms with Crippen molar-refractivity contribution in [3.63, 3.8) is 0 Å². The molecule has 202 valence electrons. The second-order valence-electron chi connectivity index (χ2n) is 10.3. The molecule has 2 aromatic rings. The van der Waals surface area contributed by atoms with Crippen LogP contribution in [-0.4, -0.2) is 45.5 Å². The number of halogens is 4. The summed E-state index contributed by atoms with van der Waals surface area (Å²) in [7, 11) is -2.33. The van der Waals surface area contributed by atoms with Crippen LogP contribution >= 0.6 is 24.0 Å². The third kappa shape index (κ3) is 6.10. The average molecular weight is 574 g/mol.